The van der Waals surface area contributed by atoms with Crippen molar-refractivity contribution in [1.82, 2.24) is 0 Å². The second kappa shape index (κ2) is 5.14. The molecule has 12 heavy (non-hydrogen) atoms. The van der Waals surface area contributed by atoms with E-state index < -0.39 is 6.04 Å². The lowest BCUT2D eigenvalue weighted by molar-refractivity contribution is -0.149. The molecule has 0 fully saturated rings. The summed E-state index contributed by atoms with van der Waals surface area (Å²) in [5, 5.41) is 0. The molecule has 1 unspecified atom stereocenters. The molecule has 0 saturated carbocycles. The lowest BCUT2D eigenvalue weighted by Gasteiger charge is -2.16. The lowest BCUT2D eigenvalue weighted by Crippen LogP contribution is -2.31. The third-order valence-corrected chi connectivity index (χ3v) is 1.49. The third-order valence-electron chi connectivity index (χ3n) is 1.49. The fraction of sp³-hybridized carbons (Fsp3) is 0.889. The summed E-state index contributed by atoms with van der Waals surface area (Å²) in [6, 6.07) is -0.514. The van der Waals surface area contributed by atoms with E-state index in [2.05, 4.69) is 13.8 Å². The standard InChI is InChI=1S/C9H19NO2/c1-6(2)5-7(3)12-9(11)8(4)10/h6-8H,5,10H2,1-4H3/t7?,8-/m0/s1. The van der Waals surface area contributed by atoms with E-state index in [0.717, 1.165) is 6.42 Å². The summed E-state index contributed by atoms with van der Waals surface area (Å²) in [5.41, 5.74) is 5.34. The molecule has 72 valence electrons. The van der Waals surface area contributed by atoms with E-state index >= 15 is 0 Å². The van der Waals surface area contributed by atoms with Crippen LogP contribution < -0.4 is 5.73 Å². The van der Waals surface area contributed by atoms with Crippen molar-refractivity contribution in [3.05, 3.63) is 0 Å². The van der Waals surface area contributed by atoms with Gasteiger partial charge in [-0.25, -0.2) is 0 Å². The molecule has 0 spiro atoms. The van der Waals surface area contributed by atoms with Crippen LogP contribution in [0.4, 0.5) is 0 Å². The minimum Gasteiger partial charge on any atom is -0.462 e. The van der Waals surface area contributed by atoms with Gasteiger partial charge in [-0.1, -0.05) is 13.8 Å². The number of rotatable bonds is 4. The first-order chi connectivity index (χ1) is 5.43. The fourth-order valence-electron chi connectivity index (χ4n) is 1.02. The van der Waals surface area contributed by atoms with Gasteiger partial charge in [-0.15, -0.1) is 0 Å². The molecule has 0 amide bonds. The predicted molar refractivity (Wildman–Crippen MR) is 48.7 cm³/mol. The number of nitrogens with two attached hydrogens (primary N) is 1. The molecule has 2 N–H and O–H groups in total. The van der Waals surface area contributed by atoms with E-state index in [1.807, 2.05) is 6.92 Å². The van der Waals surface area contributed by atoms with Crippen LogP contribution in [-0.2, 0) is 9.53 Å². The maximum Gasteiger partial charge on any atom is 0.322 e. The summed E-state index contributed by atoms with van der Waals surface area (Å²) in [5.74, 6) is 0.226. The fourth-order valence-corrected chi connectivity index (χ4v) is 1.02. The van der Waals surface area contributed by atoms with Gasteiger partial charge in [-0.2, -0.15) is 0 Å². The van der Waals surface area contributed by atoms with Crippen LogP contribution in [0.5, 0.6) is 0 Å². The van der Waals surface area contributed by atoms with Gasteiger partial charge >= 0.3 is 5.97 Å². The quantitative estimate of drug-likeness (QED) is 0.652. The van der Waals surface area contributed by atoms with E-state index in [1.165, 1.54) is 0 Å². The van der Waals surface area contributed by atoms with Gasteiger partial charge in [0.05, 0.1) is 6.10 Å². The van der Waals surface area contributed by atoms with Crippen LogP contribution in [-0.4, -0.2) is 18.1 Å². The first-order valence-corrected chi connectivity index (χ1v) is 4.39. The molecular weight excluding hydrogens is 154 g/mol. The molecular formula is C9H19NO2. The van der Waals surface area contributed by atoms with E-state index in [4.69, 9.17) is 10.5 Å². The Morgan fingerprint density at radius 3 is 2.17 bits per heavy atom. The number of hydrogen-bond acceptors (Lipinski definition) is 3. The van der Waals surface area contributed by atoms with E-state index in [-0.39, 0.29) is 12.1 Å². The molecule has 0 saturated heterocycles. The molecule has 0 aliphatic heterocycles. The summed E-state index contributed by atoms with van der Waals surface area (Å²) in [4.78, 5) is 11.0. The minimum atomic E-state index is -0.514. The zero-order chi connectivity index (χ0) is 9.72. The van der Waals surface area contributed by atoms with Crippen LogP contribution >= 0.6 is 0 Å². The molecule has 2 atom stereocenters. The normalized spacial score (nSPS) is 15.8. The maximum absolute atomic E-state index is 11.0. The van der Waals surface area contributed by atoms with Crippen molar-refractivity contribution in [3.8, 4) is 0 Å². The predicted octanol–water partition coefficient (Wildman–Crippen LogP) is 1.31. The summed E-state index contributed by atoms with van der Waals surface area (Å²) in [7, 11) is 0. The first kappa shape index (κ1) is 11.4. The largest absolute Gasteiger partial charge is 0.462 e. The second-order valence-corrected chi connectivity index (χ2v) is 3.67. The van der Waals surface area contributed by atoms with Gasteiger partial charge in [0.25, 0.3) is 0 Å². The van der Waals surface area contributed by atoms with Gasteiger partial charge < -0.3 is 10.5 Å². The average Bonchev–Trinajstić information content (AvgIpc) is 1.84. The molecule has 0 heterocycles. The highest BCUT2D eigenvalue weighted by atomic mass is 16.5. The Kier molecular flexibility index (Phi) is 4.90. The Labute approximate surface area is 74.3 Å². The van der Waals surface area contributed by atoms with Crippen LogP contribution in [0.2, 0.25) is 0 Å². The van der Waals surface area contributed by atoms with Crippen LogP contribution in [0.3, 0.4) is 0 Å². The molecule has 0 aromatic heterocycles. The minimum absolute atomic E-state index is 0.0245. The Morgan fingerprint density at radius 1 is 1.33 bits per heavy atom. The summed E-state index contributed by atoms with van der Waals surface area (Å²) in [6.45, 7) is 7.71. The summed E-state index contributed by atoms with van der Waals surface area (Å²) >= 11 is 0. The Morgan fingerprint density at radius 2 is 1.83 bits per heavy atom. The molecule has 0 rings (SSSR count). The molecule has 0 aromatic rings. The highest BCUT2D eigenvalue weighted by Gasteiger charge is 2.13. The number of carbonyl (C=O) groups excluding carboxylic acids is 1. The van der Waals surface area contributed by atoms with Gasteiger partial charge in [-0.05, 0) is 26.2 Å². The summed E-state index contributed by atoms with van der Waals surface area (Å²) < 4.78 is 5.06. The Hall–Kier alpha value is -0.570. The molecule has 0 aliphatic rings. The average molecular weight is 173 g/mol. The topological polar surface area (TPSA) is 52.3 Å². The van der Waals surface area contributed by atoms with Crippen molar-refractivity contribution < 1.29 is 9.53 Å². The van der Waals surface area contributed by atoms with E-state index in [9.17, 15) is 4.79 Å². The van der Waals surface area contributed by atoms with Crippen molar-refractivity contribution in [2.75, 3.05) is 0 Å². The van der Waals surface area contributed by atoms with Crippen molar-refractivity contribution in [2.24, 2.45) is 11.7 Å². The molecule has 0 aliphatic carbocycles. The van der Waals surface area contributed by atoms with Crippen LogP contribution in [0.1, 0.15) is 34.1 Å². The molecule has 3 nitrogen and oxygen atoms in total. The number of carbonyl (C=O) groups is 1. The van der Waals surface area contributed by atoms with Crippen molar-refractivity contribution in [3.63, 3.8) is 0 Å². The van der Waals surface area contributed by atoms with Gasteiger partial charge in [-0.3, -0.25) is 4.79 Å². The monoisotopic (exact) mass is 173 g/mol. The Balaban J connectivity index is 3.69. The van der Waals surface area contributed by atoms with E-state index in [0.29, 0.717) is 5.92 Å². The van der Waals surface area contributed by atoms with Gasteiger partial charge in [0.2, 0.25) is 0 Å². The molecule has 0 radical (unpaired) electrons. The second-order valence-electron chi connectivity index (χ2n) is 3.67. The van der Waals surface area contributed by atoms with Crippen LogP contribution in [0.25, 0.3) is 0 Å². The first-order valence-electron chi connectivity index (χ1n) is 4.39. The zero-order valence-electron chi connectivity index (χ0n) is 8.33. The third kappa shape index (κ3) is 5.13. The van der Waals surface area contributed by atoms with Gasteiger partial charge in [0.15, 0.2) is 0 Å². The number of esters is 1. The Bertz CT molecular complexity index is 143. The number of hydrogen-bond donors (Lipinski definition) is 1. The van der Waals surface area contributed by atoms with Gasteiger partial charge in [0, 0.05) is 0 Å². The summed E-state index contributed by atoms with van der Waals surface area (Å²) in [6.07, 6.45) is 0.863. The highest BCUT2D eigenvalue weighted by Crippen LogP contribution is 2.07. The SMILES string of the molecule is CC(C)CC(C)OC(=O)[C@H](C)N. The zero-order valence-corrected chi connectivity index (χ0v) is 8.33. The number of ether oxygens (including phenoxy) is 1. The van der Waals surface area contributed by atoms with Gasteiger partial charge in [0.1, 0.15) is 6.04 Å². The highest BCUT2D eigenvalue weighted by molar-refractivity contribution is 5.75. The van der Waals surface area contributed by atoms with Crippen molar-refractivity contribution >= 4 is 5.97 Å². The maximum atomic E-state index is 11.0. The van der Waals surface area contributed by atoms with Crippen LogP contribution in [0.15, 0.2) is 0 Å². The lowest BCUT2D eigenvalue weighted by atomic mass is 10.1. The molecule has 0 aromatic carbocycles. The smallest absolute Gasteiger partial charge is 0.322 e. The van der Waals surface area contributed by atoms with E-state index in [1.54, 1.807) is 6.92 Å². The molecule has 0 bridgehead atoms. The molecule has 3 heteroatoms. The van der Waals surface area contributed by atoms with Crippen LogP contribution in [0, 0.1) is 5.92 Å². The van der Waals surface area contributed by atoms with Crippen molar-refractivity contribution in [2.45, 2.75) is 46.3 Å². The van der Waals surface area contributed by atoms with Crippen molar-refractivity contribution in [1.29, 1.82) is 0 Å².